The normalized spacial score (nSPS) is 14.9. The van der Waals surface area contributed by atoms with Crippen molar-refractivity contribution in [1.29, 1.82) is 0 Å². The van der Waals surface area contributed by atoms with Crippen molar-refractivity contribution in [3.8, 4) is 10.6 Å². The van der Waals surface area contributed by atoms with Crippen molar-refractivity contribution in [3.05, 3.63) is 76.3 Å². The van der Waals surface area contributed by atoms with E-state index in [1.165, 1.54) is 16.9 Å². The maximum atomic E-state index is 11.7. The van der Waals surface area contributed by atoms with Gasteiger partial charge in [-0.2, -0.15) is 0 Å². The molecule has 0 amide bonds. The van der Waals surface area contributed by atoms with E-state index in [2.05, 4.69) is 22.0 Å². The number of morpholine rings is 1. The molecule has 2 heterocycles. The molecule has 0 aliphatic carbocycles. The summed E-state index contributed by atoms with van der Waals surface area (Å²) in [4.78, 5) is 19.0. The van der Waals surface area contributed by atoms with Gasteiger partial charge in [-0.1, -0.05) is 54.6 Å². The van der Waals surface area contributed by atoms with Gasteiger partial charge in [-0.15, -0.1) is 11.3 Å². The smallest absolute Gasteiger partial charge is 0.347 e. The molecular formula is C22H22N2O3S. The maximum absolute atomic E-state index is 11.7. The van der Waals surface area contributed by atoms with Gasteiger partial charge in [0.25, 0.3) is 0 Å². The third-order valence-corrected chi connectivity index (χ3v) is 5.95. The van der Waals surface area contributed by atoms with Crippen LogP contribution in [0.25, 0.3) is 10.6 Å². The van der Waals surface area contributed by atoms with Crippen LogP contribution < -0.4 is 0 Å². The van der Waals surface area contributed by atoms with Gasteiger partial charge in [0.2, 0.25) is 0 Å². The molecule has 0 bridgehead atoms. The zero-order chi connectivity index (χ0) is 19.3. The van der Waals surface area contributed by atoms with Crippen LogP contribution in [0.5, 0.6) is 0 Å². The molecule has 0 radical (unpaired) electrons. The van der Waals surface area contributed by atoms with Crippen LogP contribution in [0.15, 0.2) is 54.6 Å². The van der Waals surface area contributed by atoms with Gasteiger partial charge in [0.05, 0.1) is 18.9 Å². The largest absolute Gasteiger partial charge is 0.477 e. The standard InChI is InChI=1S/C22H22N2O3S/c25-22(26)20-19(14-16-4-2-1-3-5-16)23-21(28-20)18-8-6-17(7-9-18)15-24-10-12-27-13-11-24/h1-9H,10-15H2,(H,25,26). The van der Waals surface area contributed by atoms with Crippen molar-refractivity contribution in [3.63, 3.8) is 0 Å². The van der Waals surface area contributed by atoms with Gasteiger partial charge in [0.15, 0.2) is 0 Å². The second-order valence-electron chi connectivity index (χ2n) is 6.85. The molecule has 1 N–H and O–H groups in total. The Hall–Kier alpha value is -2.54. The minimum Gasteiger partial charge on any atom is -0.477 e. The number of carbonyl (C=O) groups is 1. The highest BCUT2D eigenvalue weighted by Crippen LogP contribution is 2.30. The number of aromatic carboxylic acids is 1. The predicted octanol–water partition coefficient (Wildman–Crippen LogP) is 3.93. The number of nitrogens with zero attached hydrogens (tertiary/aromatic N) is 2. The quantitative estimate of drug-likeness (QED) is 0.686. The first-order valence-corrected chi connectivity index (χ1v) is 10.2. The molecule has 0 atom stereocenters. The highest BCUT2D eigenvalue weighted by molar-refractivity contribution is 7.17. The molecule has 3 aromatic rings. The third kappa shape index (κ3) is 4.47. The molecule has 2 aromatic carbocycles. The Bertz CT molecular complexity index is 932. The van der Waals surface area contributed by atoms with E-state index in [1.807, 2.05) is 42.5 Å². The molecule has 0 spiro atoms. The number of hydrogen-bond acceptors (Lipinski definition) is 5. The van der Waals surface area contributed by atoms with E-state index in [0.29, 0.717) is 17.0 Å². The molecule has 5 nitrogen and oxygen atoms in total. The summed E-state index contributed by atoms with van der Waals surface area (Å²) in [6.07, 6.45) is 0.522. The van der Waals surface area contributed by atoms with E-state index in [1.54, 1.807) is 0 Å². The van der Waals surface area contributed by atoms with Gasteiger partial charge >= 0.3 is 5.97 Å². The van der Waals surface area contributed by atoms with E-state index in [9.17, 15) is 9.90 Å². The highest BCUT2D eigenvalue weighted by Gasteiger charge is 2.18. The summed E-state index contributed by atoms with van der Waals surface area (Å²) in [5, 5.41) is 10.3. The molecule has 1 aliphatic rings. The Balaban J connectivity index is 1.53. The van der Waals surface area contributed by atoms with E-state index in [-0.39, 0.29) is 0 Å². The van der Waals surface area contributed by atoms with E-state index < -0.39 is 5.97 Å². The summed E-state index contributed by atoms with van der Waals surface area (Å²) in [5.41, 5.74) is 3.88. The topological polar surface area (TPSA) is 62.7 Å². The number of rotatable bonds is 6. The van der Waals surface area contributed by atoms with Crippen molar-refractivity contribution < 1.29 is 14.6 Å². The van der Waals surface area contributed by atoms with Crippen LogP contribution in [-0.4, -0.2) is 47.3 Å². The Morgan fingerprint density at radius 3 is 2.43 bits per heavy atom. The summed E-state index contributed by atoms with van der Waals surface area (Å²) >= 11 is 1.24. The van der Waals surface area contributed by atoms with Crippen LogP contribution in [0.4, 0.5) is 0 Å². The van der Waals surface area contributed by atoms with Crippen molar-refractivity contribution in [2.45, 2.75) is 13.0 Å². The number of carboxylic acid groups (broad SMARTS) is 1. The molecule has 28 heavy (non-hydrogen) atoms. The van der Waals surface area contributed by atoms with E-state index in [4.69, 9.17) is 4.74 Å². The summed E-state index contributed by atoms with van der Waals surface area (Å²) in [7, 11) is 0. The third-order valence-electron chi connectivity index (χ3n) is 4.82. The van der Waals surface area contributed by atoms with E-state index >= 15 is 0 Å². The monoisotopic (exact) mass is 394 g/mol. The fraction of sp³-hybridized carbons (Fsp3) is 0.273. The number of aromatic nitrogens is 1. The fourth-order valence-electron chi connectivity index (χ4n) is 3.32. The Kier molecular flexibility index (Phi) is 5.81. The predicted molar refractivity (Wildman–Crippen MR) is 110 cm³/mol. The zero-order valence-electron chi connectivity index (χ0n) is 15.5. The number of benzene rings is 2. The summed E-state index contributed by atoms with van der Waals surface area (Å²) < 4.78 is 5.39. The average molecular weight is 394 g/mol. The van der Waals surface area contributed by atoms with E-state index in [0.717, 1.165) is 49.0 Å². The molecule has 0 saturated carbocycles. The SMILES string of the molecule is O=C(O)c1sc(-c2ccc(CN3CCOCC3)cc2)nc1Cc1ccccc1. The van der Waals surface area contributed by atoms with Crippen LogP contribution in [0.1, 0.15) is 26.5 Å². The molecule has 4 rings (SSSR count). The van der Waals surface area contributed by atoms with Crippen molar-refractivity contribution in [2.75, 3.05) is 26.3 Å². The lowest BCUT2D eigenvalue weighted by Crippen LogP contribution is -2.35. The Morgan fingerprint density at radius 1 is 1.04 bits per heavy atom. The minimum absolute atomic E-state index is 0.316. The van der Waals surface area contributed by atoms with Crippen molar-refractivity contribution in [1.82, 2.24) is 9.88 Å². The van der Waals surface area contributed by atoms with Crippen LogP contribution in [0, 0.1) is 0 Å². The van der Waals surface area contributed by atoms with Gasteiger partial charge in [-0.05, 0) is 11.1 Å². The lowest BCUT2D eigenvalue weighted by atomic mass is 10.1. The Morgan fingerprint density at radius 2 is 1.75 bits per heavy atom. The number of carboxylic acids is 1. The van der Waals surface area contributed by atoms with Crippen LogP contribution >= 0.6 is 11.3 Å². The highest BCUT2D eigenvalue weighted by atomic mass is 32.1. The number of hydrogen-bond donors (Lipinski definition) is 1. The van der Waals surface area contributed by atoms with Crippen LogP contribution in [-0.2, 0) is 17.7 Å². The van der Waals surface area contributed by atoms with Crippen LogP contribution in [0.3, 0.4) is 0 Å². The van der Waals surface area contributed by atoms with Gasteiger partial charge in [-0.3, -0.25) is 4.90 Å². The second kappa shape index (κ2) is 8.65. The first-order valence-electron chi connectivity index (χ1n) is 9.35. The Labute approximate surface area is 168 Å². The summed E-state index contributed by atoms with van der Waals surface area (Å²) in [6, 6.07) is 18.1. The van der Waals surface area contributed by atoms with Crippen molar-refractivity contribution >= 4 is 17.3 Å². The lowest BCUT2D eigenvalue weighted by Gasteiger charge is -2.26. The summed E-state index contributed by atoms with van der Waals surface area (Å²) in [6.45, 7) is 4.40. The maximum Gasteiger partial charge on any atom is 0.347 e. The molecule has 0 unspecified atom stereocenters. The molecule has 144 valence electrons. The van der Waals surface area contributed by atoms with Gasteiger partial charge in [0.1, 0.15) is 9.88 Å². The van der Waals surface area contributed by atoms with Gasteiger partial charge in [0, 0.05) is 31.6 Å². The van der Waals surface area contributed by atoms with Crippen LogP contribution in [0.2, 0.25) is 0 Å². The minimum atomic E-state index is -0.918. The van der Waals surface area contributed by atoms with Gasteiger partial charge < -0.3 is 9.84 Å². The summed E-state index contributed by atoms with van der Waals surface area (Å²) in [5.74, 6) is -0.918. The molecular weight excluding hydrogens is 372 g/mol. The first kappa shape index (κ1) is 18.8. The van der Waals surface area contributed by atoms with Crippen molar-refractivity contribution in [2.24, 2.45) is 0 Å². The lowest BCUT2D eigenvalue weighted by molar-refractivity contribution is 0.0342. The number of ether oxygens (including phenoxy) is 1. The first-order chi connectivity index (χ1) is 13.7. The number of thiazole rings is 1. The molecule has 1 fully saturated rings. The zero-order valence-corrected chi connectivity index (χ0v) is 16.3. The van der Waals surface area contributed by atoms with Gasteiger partial charge in [-0.25, -0.2) is 9.78 Å². The second-order valence-corrected chi connectivity index (χ2v) is 7.85. The molecule has 1 saturated heterocycles. The average Bonchev–Trinajstić information content (AvgIpc) is 3.14. The molecule has 1 aliphatic heterocycles. The molecule has 6 heteroatoms. The fourth-order valence-corrected chi connectivity index (χ4v) is 4.25. The molecule has 1 aromatic heterocycles.